The summed E-state index contributed by atoms with van der Waals surface area (Å²) < 4.78 is 11.8. The lowest BCUT2D eigenvalue weighted by molar-refractivity contribution is -0.115. The Kier molecular flexibility index (Phi) is 6.27. The predicted octanol–water partition coefficient (Wildman–Crippen LogP) is 1.98. The fraction of sp³-hybridized carbons (Fsp3) is 1.00. The Balaban J connectivity index is 1.54. The molecule has 0 amide bonds. The molecule has 0 aromatic carbocycles. The minimum absolute atomic E-state index is 0.346. The highest BCUT2D eigenvalue weighted by Crippen LogP contribution is 2.21. The number of nitrogens with zero attached hydrogens (tertiary/aromatic N) is 2. The molecule has 0 radical (unpaired) electrons. The van der Waals surface area contributed by atoms with Gasteiger partial charge < -0.3 is 14.4 Å². The topological polar surface area (TPSA) is 24.9 Å². The van der Waals surface area contributed by atoms with Crippen molar-refractivity contribution >= 4 is 0 Å². The van der Waals surface area contributed by atoms with Crippen LogP contribution in [0.3, 0.4) is 0 Å². The highest BCUT2D eigenvalue weighted by molar-refractivity contribution is 4.85. The Morgan fingerprint density at radius 3 is 2.20 bits per heavy atom. The molecule has 4 nitrogen and oxygen atoms in total. The van der Waals surface area contributed by atoms with Crippen LogP contribution in [0.25, 0.3) is 0 Å². The van der Waals surface area contributed by atoms with Crippen LogP contribution < -0.4 is 0 Å². The fourth-order valence-corrected chi connectivity index (χ4v) is 2.94. The van der Waals surface area contributed by atoms with Gasteiger partial charge in [0.25, 0.3) is 0 Å². The van der Waals surface area contributed by atoms with Crippen LogP contribution in [0.4, 0.5) is 0 Å². The SMILES string of the molecule is CC(C)OCCN1CCC(OC2CN(C(C)C)C2)CC1. The third-order valence-corrected chi connectivity index (χ3v) is 4.38. The molecule has 0 unspecified atom stereocenters. The maximum absolute atomic E-state index is 6.20. The lowest BCUT2D eigenvalue weighted by atomic mass is 10.1. The summed E-state index contributed by atoms with van der Waals surface area (Å²) in [6.07, 6.45) is 3.67. The molecule has 2 aliphatic heterocycles. The summed E-state index contributed by atoms with van der Waals surface area (Å²) in [6.45, 7) is 15.2. The van der Waals surface area contributed by atoms with Gasteiger partial charge in [0.05, 0.1) is 24.9 Å². The molecule has 0 aromatic rings. The first-order valence-electron chi connectivity index (χ1n) is 8.28. The van der Waals surface area contributed by atoms with Crippen LogP contribution in [0.2, 0.25) is 0 Å². The summed E-state index contributed by atoms with van der Waals surface area (Å²) in [5.41, 5.74) is 0. The van der Waals surface area contributed by atoms with Crippen molar-refractivity contribution in [3.05, 3.63) is 0 Å². The van der Waals surface area contributed by atoms with Crippen LogP contribution in [-0.4, -0.2) is 73.5 Å². The first-order chi connectivity index (χ1) is 9.54. The average molecular weight is 284 g/mol. The van der Waals surface area contributed by atoms with Gasteiger partial charge in [-0.1, -0.05) is 0 Å². The molecular formula is C16H32N2O2. The summed E-state index contributed by atoms with van der Waals surface area (Å²) in [5.74, 6) is 0. The van der Waals surface area contributed by atoms with E-state index < -0.39 is 0 Å². The van der Waals surface area contributed by atoms with Gasteiger partial charge in [-0.3, -0.25) is 4.90 Å². The van der Waals surface area contributed by atoms with E-state index in [-0.39, 0.29) is 0 Å². The lowest BCUT2D eigenvalue weighted by Gasteiger charge is -2.44. The van der Waals surface area contributed by atoms with Crippen LogP contribution in [0.15, 0.2) is 0 Å². The van der Waals surface area contributed by atoms with Crippen LogP contribution in [0, 0.1) is 0 Å². The second kappa shape index (κ2) is 7.74. The Bertz CT molecular complexity index is 270. The van der Waals surface area contributed by atoms with Crippen molar-refractivity contribution in [3.8, 4) is 0 Å². The quantitative estimate of drug-likeness (QED) is 0.714. The molecule has 0 N–H and O–H groups in total. The Morgan fingerprint density at radius 1 is 1.00 bits per heavy atom. The Labute approximate surface area is 124 Å². The van der Waals surface area contributed by atoms with E-state index in [9.17, 15) is 0 Å². The number of likely N-dealkylation sites (tertiary alicyclic amines) is 2. The highest BCUT2D eigenvalue weighted by atomic mass is 16.5. The van der Waals surface area contributed by atoms with Gasteiger partial charge in [-0.2, -0.15) is 0 Å². The van der Waals surface area contributed by atoms with E-state index in [4.69, 9.17) is 9.47 Å². The second-order valence-electron chi connectivity index (χ2n) is 6.77. The molecule has 2 fully saturated rings. The molecule has 0 bridgehead atoms. The number of hydrogen-bond acceptors (Lipinski definition) is 4. The third kappa shape index (κ3) is 4.99. The average Bonchev–Trinajstić information content (AvgIpc) is 2.34. The minimum Gasteiger partial charge on any atom is -0.377 e. The van der Waals surface area contributed by atoms with E-state index in [0.717, 1.165) is 39.3 Å². The van der Waals surface area contributed by atoms with Gasteiger partial charge in [0, 0.05) is 38.8 Å². The first-order valence-corrected chi connectivity index (χ1v) is 8.28. The lowest BCUT2D eigenvalue weighted by Crippen LogP contribution is -2.56. The molecule has 0 spiro atoms. The van der Waals surface area contributed by atoms with Gasteiger partial charge in [-0.05, 0) is 40.5 Å². The zero-order valence-corrected chi connectivity index (χ0v) is 13.7. The van der Waals surface area contributed by atoms with Crippen molar-refractivity contribution in [3.63, 3.8) is 0 Å². The molecule has 118 valence electrons. The van der Waals surface area contributed by atoms with Crippen molar-refractivity contribution in [1.82, 2.24) is 9.80 Å². The summed E-state index contributed by atoms with van der Waals surface area (Å²) in [5, 5.41) is 0. The summed E-state index contributed by atoms with van der Waals surface area (Å²) in [6, 6.07) is 0.664. The van der Waals surface area contributed by atoms with Gasteiger partial charge in [0.2, 0.25) is 0 Å². The van der Waals surface area contributed by atoms with E-state index in [1.54, 1.807) is 0 Å². The van der Waals surface area contributed by atoms with Gasteiger partial charge >= 0.3 is 0 Å². The Hall–Kier alpha value is -0.160. The molecule has 0 saturated carbocycles. The van der Waals surface area contributed by atoms with Crippen molar-refractivity contribution < 1.29 is 9.47 Å². The van der Waals surface area contributed by atoms with Gasteiger partial charge in [0.15, 0.2) is 0 Å². The molecule has 2 aliphatic rings. The largest absolute Gasteiger partial charge is 0.377 e. The van der Waals surface area contributed by atoms with Gasteiger partial charge in [-0.25, -0.2) is 0 Å². The number of rotatable bonds is 7. The van der Waals surface area contributed by atoms with Gasteiger partial charge in [0.1, 0.15) is 0 Å². The van der Waals surface area contributed by atoms with E-state index in [0.29, 0.717) is 24.4 Å². The molecule has 0 atom stereocenters. The van der Waals surface area contributed by atoms with Crippen LogP contribution >= 0.6 is 0 Å². The smallest absolute Gasteiger partial charge is 0.0832 e. The standard InChI is InChI=1S/C16H32N2O2/c1-13(2)18-11-16(12-18)20-15-5-7-17(8-6-15)9-10-19-14(3)4/h13-16H,5-12H2,1-4H3. The molecule has 2 rings (SSSR count). The maximum Gasteiger partial charge on any atom is 0.0832 e. The number of ether oxygens (including phenoxy) is 2. The molecule has 2 heterocycles. The summed E-state index contributed by atoms with van der Waals surface area (Å²) in [4.78, 5) is 4.98. The highest BCUT2D eigenvalue weighted by Gasteiger charge is 2.32. The summed E-state index contributed by atoms with van der Waals surface area (Å²) in [7, 11) is 0. The van der Waals surface area contributed by atoms with Crippen molar-refractivity contribution in [2.24, 2.45) is 0 Å². The number of hydrogen-bond donors (Lipinski definition) is 0. The Morgan fingerprint density at radius 2 is 1.65 bits per heavy atom. The van der Waals surface area contributed by atoms with Crippen LogP contribution in [0.1, 0.15) is 40.5 Å². The maximum atomic E-state index is 6.20. The van der Waals surface area contributed by atoms with Crippen molar-refractivity contribution in [2.45, 2.75) is 64.9 Å². The first kappa shape index (κ1) is 16.2. The number of piperidine rings is 1. The third-order valence-electron chi connectivity index (χ3n) is 4.38. The normalized spacial score (nSPS) is 23.7. The molecule has 2 saturated heterocycles. The minimum atomic E-state index is 0.346. The van der Waals surface area contributed by atoms with Crippen molar-refractivity contribution in [2.75, 3.05) is 39.3 Å². The van der Waals surface area contributed by atoms with E-state index in [1.165, 1.54) is 12.8 Å². The van der Waals surface area contributed by atoms with Crippen molar-refractivity contribution in [1.29, 1.82) is 0 Å². The van der Waals surface area contributed by atoms with E-state index in [1.807, 2.05) is 0 Å². The van der Waals surface area contributed by atoms with Crippen LogP contribution in [-0.2, 0) is 9.47 Å². The second-order valence-corrected chi connectivity index (χ2v) is 6.77. The van der Waals surface area contributed by atoms with Crippen LogP contribution in [0.5, 0.6) is 0 Å². The molecule has 0 aliphatic carbocycles. The molecule has 4 heteroatoms. The fourth-order valence-electron chi connectivity index (χ4n) is 2.94. The van der Waals surface area contributed by atoms with E-state index >= 15 is 0 Å². The molecule has 20 heavy (non-hydrogen) atoms. The van der Waals surface area contributed by atoms with E-state index in [2.05, 4.69) is 37.5 Å². The zero-order valence-electron chi connectivity index (χ0n) is 13.7. The predicted molar refractivity (Wildman–Crippen MR) is 82.1 cm³/mol. The zero-order chi connectivity index (χ0) is 14.5. The monoisotopic (exact) mass is 284 g/mol. The van der Waals surface area contributed by atoms with Gasteiger partial charge in [-0.15, -0.1) is 0 Å². The summed E-state index contributed by atoms with van der Waals surface area (Å²) >= 11 is 0. The molecule has 0 aromatic heterocycles. The molecular weight excluding hydrogens is 252 g/mol.